The van der Waals surface area contributed by atoms with Crippen molar-refractivity contribution < 1.29 is 9.84 Å². The second-order valence-electron chi connectivity index (χ2n) is 5.56. The van der Waals surface area contributed by atoms with E-state index in [2.05, 4.69) is 15.9 Å². The third-order valence-corrected chi connectivity index (χ3v) is 7.08. The van der Waals surface area contributed by atoms with Gasteiger partial charge in [-0.15, -0.1) is 0 Å². The Kier molecular flexibility index (Phi) is 1.76. The molecule has 4 saturated carbocycles. The number of benzene rings is 1. The van der Waals surface area contributed by atoms with E-state index in [0.29, 0.717) is 16.2 Å². The number of aliphatic hydroxyl groups is 1. The zero-order valence-corrected chi connectivity index (χ0v) is 11.3. The highest BCUT2D eigenvalue weighted by atomic mass is 79.9. The Labute approximate surface area is 109 Å². The number of alkyl halides is 1. The van der Waals surface area contributed by atoms with E-state index in [-0.39, 0.29) is 11.5 Å². The molecule has 3 atom stereocenters. The summed E-state index contributed by atoms with van der Waals surface area (Å²) in [6.45, 7) is 0. The number of rotatable bonds is 3. The Hall–Kier alpha value is -0.540. The number of ether oxygens (including phenoxy) is 1. The molecular weight excluding hydrogens is 280 g/mol. The molecule has 2 bridgehead atoms. The SMILES string of the molecule is COc1ccc(C(O)C23C4CCC2C43Br)cc1. The quantitative estimate of drug-likeness (QED) is 0.869. The van der Waals surface area contributed by atoms with Crippen LogP contribution in [-0.2, 0) is 0 Å². The predicted molar refractivity (Wildman–Crippen MR) is 68.3 cm³/mol. The minimum Gasteiger partial charge on any atom is -0.497 e. The molecule has 3 unspecified atom stereocenters. The van der Waals surface area contributed by atoms with Crippen molar-refractivity contribution in [3.8, 4) is 5.75 Å². The van der Waals surface area contributed by atoms with Gasteiger partial charge in [-0.05, 0) is 42.4 Å². The van der Waals surface area contributed by atoms with Gasteiger partial charge in [-0.1, -0.05) is 28.1 Å². The summed E-state index contributed by atoms with van der Waals surface area (Å²) in [5, 5.41) is 10.6. The Morgan fingerprint density at radius 1 is 1.29 bits per heavy atom. The van der Waals surface area contributed by atoms with Gasteiger partial charge in [0.25, 0.3) is 0 Å². The first-order valence-corrected chi connectivity index (χ1v) is 6.97. The van der Waals surface area contributed by atoms with Crippen LogP contribution in [0, 0.1) is 17.3 Å². The second kappa shape index (κ2) is 2.89. The van der Waals surface area contributed by atoms with Gasteiger partial charge in [-0.3, -0.25) is 0 Å². The van der Waals surface area contributed by atoms with Gasteiger partial charge >= 0.3 is 0 Å². The van der Waals surface area contributed by atoms with Crippen molar-refractivity contribution in [3.05, 3.63) is 29.8 Å². The van der Waals surface area contributed by atoms with Crippen LogP contribution in [0.25, 0.3) is 0 Å². The number of fused-ring (bicyclic) bond motifs is 1. The maximum absolute atomic E-state index is 10.6. The zero-order valence-electron chi connectivity index (χ0n) is 9.69. The normalized spacial score (nSPS) is 46.3. The van der Waals surface area contributed by atoms with Crippen LogP contribution in [0.5, 0.6) is 5.75 Å². The molecule has 4 fully saturated rings. The number of halogens is 1. The Bertz CT molecular complexity index is 470. The zero-order chi connectivity index (χ0) is 11.8. The predicted octanol–water partition coefficient (Wildman–Crippen LogP) is 2.90. The van der Waals surface area contributed by atoms with E-state index in [1.165, 1.54) is 12.8 Å². The molecule has 0 aromatic heterocycles. The van der Waals surface area contributed by atoms with E-state index in [1.807, 2.05) is 24.3 Å². The van der Waals surface area contributed by atoms with Gasteiger partial charge in [0.2, 0.25) is 0 Å². The van der Waals surface area contributed by atoms with Crippen LogP contribution >= 0.6 is 15.9 Å². The Morgan fingerprint density at radius 2 is 1.88 bits per heavy atom. The molecule has 0 amide bonds. The van der Waals surface area contributed by atoms with Crippen molar-refractivity contribution >= 4 is 15.9 Å². The molecule has 3 heteroatoms. The topological polar surface area (TPSA) is 29.5 Å². The Balaban J connectivity index is 1.64. The van der Waals surface area contributed by atoms with Crippen LogP contribution in [0.1, 0.15) is 24.5 Å². The number of hydrogen-bond donors (Lipinski definition) is 1. The van der Waals surface area contributed by atoms with Crippen LogP contribution in [0.4, 0.5) is 0 Å². The number of methoxy groups -OCH3 is 1. The molecule has 1 aromatic rings. The first-order valence-electron chi connectivity index (χ1n) is 6.18. The third kappa shape index (κ3) is 0.911. The minimum atomic E-state index is -0.315. The summed E-state index contributed by atoms with van der Waals surface area (Å²) >= 11 is 3.85. The van der Waals surface area contributed by atoms with Crippen molar-refractivity contribution in [1.29, 1.82) is 0 Å². The molecule has 17 heavy (non-hydrogen) atoms. The van der Waals surface area contributed by atoms with Crippen LogP contribution in [0.2, 0.25) is 0 Å². The maximum atomic E-state index is 10.6. The monoisotopic (exact) mass is 294 g/mol. The van der Waals surface area contributed by atoms with Crippen LogP contribution in [-0.4, -0.2) is 16.5 Å². The molecule has 0 aliphatic heterocycles. The van der Waals surface area contributed by atoms with Gasteiger partial charge in [0.05, 0.1) is 13.2 Å². The lowest BCUT2D eigenvalue weighted by atomic mass is 9.94. The summed E-state index contributed by atoms with van der Waals surface area (Å²) < 4.78 is 5.44. The van der Waals surface area contributed by atoms with Crippen molar-refractivity contribution in [3.63, 3.8) is 0 Å². The average molecular weight is 295 g/mol. The molecule has 5 rings (SSSR count). The highest BCUT2D eigenvalue weighted by molar-refractivity contribution is 9.10. The van der Waals surface area contributed by atoms with Crippen molar-refractivity contribution in [2.24, 2.45) is 17.3 Å². The van der Waals surface area contributed by atoms with Crippen LogP contribution in [0.3, 0.4) is 0 Å². The number of hydrogen-bond acceptors (Lipinski definition) is 2. The summed E-state index contributed by atoms with van der Waals surface area (Å²) in [6.07, 6.45) is 2.25. The molecule has 0 radical (unpaired) electrons. The summed E-state index contributed by atoms with van der Waals surface area (Å²) in [4.78, 5) is 0. The molecule has 1 N–H and O–H groups in total. The Morgan fingerprint density at radius 3 is 2.35 bits per heavy atom. The fourth-order valence-electron chi connectivity index (χ4n) is 4.44. The molecule has 0 saturated heterocycles. The van der Waals surface area contributed by atoms with Gasteiger partial charge in [0.1, 0.15) is 5.75 Å². The van der Waals surface area contributed by atoms with E-state index in [0.717, 1.165) is 11.3 Å². The summed E-state index contributed by atoms with van der Waals surface area (Å²) in [5.74, 6) is 2.26. The van der Waals surface area contributed by atoms with E-state index in [4.69, 9.17) is 4.74 Å². The molecule has 4 aliphatic carbocycles. The fourth-order valence-corrected chi connectivity index (χ4v) is 6.20. The minimum absolute atomic E-state index is 0.168. The van der Waals surface area contributed by atoms with Crippen LogP contribution in [0.15, 0.2) is 24.3 Å². The largest absolute Gasteiger partial charge is 0.497 e. The maximum Gasteiger partial charge on any atom is 0.118 e. The van der Waals surface area contributed by atoms with Gasteiger partial charge in [0, 0.05) is 9.74 Å². The smallest absolute Gasteiger partial charge is 0.118 e. The van der Waals surface area contributed by atoms with E-state index in [9.17, 15) is 5.11 Å². The number of aliphatic hydroxyl groups excluding tert-OH is 1. The lowest BCUT2D eigenvalue weighted by molar-refractivity contribution is 0.107. The molecule has 0 spiro atoms. The summed E-state index contributed by atoms with van der Waals surface area (Å²) in [6, 6.07) is 7.83. The van der Waals surface area contributed by atoms with E-state index >= 15 is 0 Å². The van der Waals surface area contributed by atoms with Crippen molar-refractivity contribution in [2.75, 3.05) is 7.11 Å². The van der Waals surface area contributed by atoms with Gasteiger partial charge in [-0.2, -0.15) is 0 Å². The third-order valence-electron chi connectivity index (χ3n) is 5.29. The van der Waals surface area contributed by atoms with Crippen molar-refractivity contribution in [2.45, 2.75) is 23.3 Å². The van der Waals surface area contributed by atoms with E-state index in [1.54, 1.807) is 7.11 Å². The molecule has 4 aliphatic rings. The second-order valence-corrected chi connectivity index (χ2v) is 6.87. The first kappa shape index (κ1) is 10.4. The highest BCUT2D eigenvalue weighted by Gasteiger charge is 3.01. The fraction of sp³-hybridized carbons (Fsp3) is 0.571. The van der Waals surface area contributed by atoms with Crippen LogP contribution < -0.4 is 4.74 Å². The molecular formula is C14H15BrO2. The molecule has 0 heterocycles. The van der Waals surface area contributed by atoms with E-state index < -0.39 is 0 Å². The average Bonchev–Trinajstić information content (AvgIpc) is 2.89. The molecule has 2 nitrogen and oxygen atoms in total. The summed E-state index contributed by atoms with van der Waals surface area (Å²) in [5.41, 5.74) is 1.20. The lowest BCUT2D eigenvalue weighted by Gasteiger charge is -2.16. The molecule has 1 aromatic carbocycles. The molecule has 90 valence electrons. The first-order chi connectivity index (χ1) is 8.17. The van der Waals surface area contributed by atoms with Gasteiger partial charge < -0.3 is 9.84 Å². The lowest BCUT2D eigenvalue weighted by Crippen LogP contribution is -2.11. The van der Waals surface area contributed by atoms with Crippen molar-refractivity contribution in [1.82, 2.24) is 0 Å². The van der Waals surface area contributed by atoms with Gasteiger partial charge in [-0.25, -0.2) is 0 Å². The van der Waals surface area contributed by atoms with Gasteiger partial charge in [0.15, 0.2) is 0 Å². The summed E-state index contributed by atoms with van der Waals surface area (Å²) in [7, 11) is 1.66. The standard InChI is InChI=1S/C14H15BrO2/c1-17-9-4-2-8(3-5-9)12(16)13-10-6-7-11(13)14(10,13)15/h2-5,10-12,16H,6-7H2,1H3. The highest BCUT2D eigenvalue weighted by Crippen LogP contribution is 3.00.